The first-order valence-electron chi connectivity index (χ1n) is 9.75. The molecule has 4 aliphatic carbocycles. The molecule has 4 fully saturated rings. The van der Waals surface area contributed by atoms with Crippen LogP contribution < -0.4 is 10.6 Å². The van der Waals surface area contributed by atoms with E-state index in [1.807, 2.05) is 12.1 Å². The van der Waals surface area contributed by atoms with Gasteiger partial charge in [0.15, 0.2) is 0 Å². The minimum Gasteiger partial charge on any atom is -0.375 e. The molecule has 4 bridgehead atoms. The van der Waals surface area contributed by atoms with Crippen molar-refractivity contribution in [1.82, 2.24) is 0 Å². The average molecular weight is 435 g/mol. The van der Waals surface area contributed by atoms with Crippen LogP contribution in [0, 0.1) is 17.3 Å². The minimum absolute atomic E-state index is 0.00966. The molecule has 5 nitrogen and oxygen atoms in total. The number of carbonyl (C=O) groups excluding carboxylic acids is 2. The van der Waals surface area contributed by atoms with Gasteiger partial charge in [-0.2, -0.15) is 0 Å². The van der Waals surface area contributed by atoms with E-state index < -0.39 is 0 Å². The third-order valence-corrected chi connectivity index (χ3v) is 7.28. The fraction of sp³-hybridized carbons (Fsp3) is 0.619. The number of ether oxygens (including phenoxy) is 1. The van der Waals surface area contributed by atoms with Gasteiger partial charge in [0.05, 0.1) is 0 Å². The van der Waals surface area contributed by atoms with Gasteiger partial charge in [0, 0.05) is 29.2 Å². The molecular formula is C21H27BrN2O3. The Morgan fingerprint density at radius 3 is 2.33 bits per heavy atom. The van der Waals surface area contributed by atoms with Gasteiger partial charge < -0.3 is 15.4 Å². The summed E-state index contributed by atoms with van der Waals surface area (Å²) >= 11 is 4.01. The Hall–Kier alpha value is -1.40. The second-order valence-corrected chi connectivity index (χ2v) is 10.6. The van der Waals surface area contributed by atoms with Crippen molar-refractivity contribution < 1.29 is 14.3 Å². The summed E-state index contributed by atoms with van der Waals surface area (Å²) < 4.78 is 5.09. The number of rotatable bonds is 6. The highest BCUT2D eigenvalue weighted by Gasteiger charge is 2.57. The summed E-state index contributed by atoms with van der Waals surface area (Å²) in [4.78, 5) is 24.5. The van der Waals surface area contributed by atoms with Crippen LogP contribution in [0.3, 0.4) is 0 Å². The topological polar surface area (TPSA) is 67.4 Å². The van der Waals surface area contributed by atoms with E-state index in [9.17, 15) is 9.59 Å². The zero-order valence-corrected chi connectivity index (χ0v) is 17.3. The molecule has 4 aliphatic rings. The van der Waals surface area contributed by atoms with Gasteiger partial charge in [-0.15, -0.1) is 0 Å². The zero-order valence-electron chi connectivity index (χ0n) is 15.7. The van der Waals surface area contributed by atoms with Crippen LogP contribution in [0.25, 0.3) is 0 Å². The Labute approximate surface area is 168 Å². The van der Waals surface area contributed by atoms with E-state index in [1.165, 1.54) is 39.2 Å². The molecule has 5 rings (SSSR count). The number of carbonyl (C=O) groups is 2. The van der Waals surface area contributed by atoms with Crippen LogP contribution in [-0.4, -0.2) is 29.9 Å². The van der Waals surface area contributed by atoms with E-state index in [0.29, 0.717) is 17.8 Å². The Kier molecular flexibility index (Phi) is 5.06. The molecular weight excluding hydrogens is 408 g/mol. The lowest BCUT2D eigenvalue weighted by Gasteiger charge is -2.60. The molecule has 1 aromatic rings. The quantitative estimate of drug-likeness (QED) is 0.654. The molecule has 6 heteroatoms. The number of amides is 2. The molecule has 2 unspecified atom stereocenters. The number of benzene rings is 1. The molecule has 0 aromatic heterocycles. The van der Waals surface area contributed by atoms with E-state index in [2.05, 4.69) is 26.6 Å². The van der Waals surface area contributed by atoms with Crippen molar-refractivity contribution in [2.24, 2.45) is 17.3 Å². The molecule has 4 saturated carbocycles. The summed E-state index contributed by atoms with van der Waals surface area (Å²) in [6, 6.07) is 7.28. The second kappa shape index (κ2) is 7.21. The second-order valence-electron chi connectivity index (χ2n) is 8.90. The van der Waals surface area contributed by atoms with Gasteiger partial charge >= 0.3 is 0 Å². The third kappa shape index (κ3) is 4.21. The van der Waals surface area contributed by atoms with Gasteiger partial charge in [-0.1, -0.05) is 22.0 Å². The smallest absolute Gasteiger partial charge is 0.250 e. The number of alkyl halides is 1. The number of nitrogens with one attached hydrogen (secondary N) is 2. The fourth-order valence-electron chi connectivity index (χ4n) is 6.09. The maximum atomic E-state index is 12.8. The monoisotopic (exact) mass is 434 g/mol. The van der Waals surface area contributed by atoms with Gasteiger partial charge in [0.25, 0.3) is 0 Å². The Bertz CT molecular complexity index is 737. The molecule has 0 saturated heterocycles. The van der Waals surface area contributed by atoms with E-state index in [4.69, 9.17) is 4.74 Å². The van der Waals surface area contributed by atoms with E-state index in [-0.39, 0.29) is 28.2 Å². The van der Waals surface area contributed by atoms with Crippen LogP contribution in [0.2, 0.25) is 0 Å². The largest absolute Gasteiger partial charge is 0.375 e. The van der Waals surface area contributed by atoms with Gasteiger partial charge in [-0.25, -0.2) is 0 Å². The van der Waals surface area contributed by atoms with Crippen LogP contribution >= 0.6 is 15.9 Å². The normalized spacial score (nSPS) is 33.7. The van der Waals surface area contributed by atoms with E-state index in [0.717, 1.165) is 18.3 Å². The van der Waals surface area contributed by atoms with Crippen molar-refractivity contribution in [1.29, 1.82) is 0 Å². The Morgan fingerprint density at radius 2 is 1.74 bits per heavy atom. The average Bonchev–Trinajstić information content (AvgIpc) is 2.52. The minimum atomic E-state index is -0.211. The zero-order chi connectivity index (χ0) is 19.1. The van der Waals surface area contributed by atoms with Crippen LogP contribution in [0.4, 0.5) is 11.4 Å². The molecule has 1 aromatic carbocycles. The van der Waals surface area contributed by atoms with Crippen LogP contribution in [0.15, 0.2) is 24.3 Å². The molecule has 2 atom stereocenters. The lowest BCUT2D eigenvalue weighted by Crippen LogP contribution is -2.53. The first kappa shape index (κ1) is 18.9. The highest BCUT2D eigenvalue weighted by molar-refractivity contribution is 9.10. The van der Waals surface area contributed by atoms with Crippen molar-refractivity contribution in [3.05, 3.63) is 24.3 Å². The lowest BCUT2D eigenvalue weighted by molar-refractivity contribution is -0.123. The lowest BCUT2D eigenvalue weighted by atomic mass is 9.48. The Morgan fingerprint density at radius 1 is 1.11 bits per heavy atom. The third-order valence-electron chi connectivity index (χ3n) is 6.35. The summed E-state index contributed by atoms with van der Waals surface area (Å²) in [6.07, 6.45) is 7.99. The van der Waals surface area contributed by atoms with E-state index >= 15 is 0 Å². The number of methoxy groups -OCH3 is 1. The van der Waals surface area contributed by atoms with Gasteiger partial charge in [-0.05, 0) is 74.0 Å². The molecule has 2 amide bonds. The van der Waals surface area contributed by atoms with Crippen molar-refractivity contribution in [2.45, 2.75) is 49.3 Å². The van der Waals surface area contributed by atoms with Crippen molar-refractivity contribution in [3.63, 3.8) is 0 Å². The van der Waals surface area contributed by atoms with Gasteiger partial charge in [0.1, 0.15) is 6.61 Å². The molecule has 0 spiro atoms. The predicted octanol–water partition coefficient (Wildman–Crippen LogP) is 4.33. The molecule has 2 N–H and O–H groups in total. The first-order chi connectivity index (χ1) is 12.9. The standard InChI is InChI=1S/C21H27BrN2O3/c1-27-12-19(26)24-17-4-2-3-16(6-17)23-18(25)11-20-7-14-5-15(8-20)10-21(22,9-14)13-20/h2-4,6,14-15H,5,7-13H2,1H3,(H,23,25)(H,24,26). The maximum absolute atomic E-state index is 12.8. The molecule has 0 radical (unpaired) electrons. The van der Waals surface area contributed by atoms with Crippen LogP contribution in [0.1, 0.15) is 44.9 Å². The Balaban J connectivity index is 1.39. The predicted molar refractivity (Wildman–Crippen MR) is 109 cm³/mol. The molecule has 27 heavy (non-hydrogen) atoms. The van der Waals surface area contributed by atoms with Crippen LogP contribution in [0.5, 0.6) is 0 Å². The molecule has 0 aliphatic heterocycles. The molecule has 146 valence electrons. The van der Waals surface area contributed by atoms with Crippen molar-refractivity contribution in [3.8, 4) is 0 Å². The highest BCUT2D eigenvalue weighted by Crippen LogP contribution is 2.65. The summed E-state index contributed by atoms with van der Waals surface area (Å²) in [5.74, 6) is 1.42. The number of halogens is 1. The summed E-state index contributed by atoms with van der Waals surface area (Å²) in [6.45, 7) is 0.00966. The number of anilines is 2. The number of hydrogen-bond donors (Lipinski definition) is 2. The summed E-state index contributed by atoms with van der Waals surface area (Å²) in [7, 11) is 1.48. The van der Waals surface area contributed by atoms with Crippen molar-refractivity contribution in [2.75, 3.05) is 24.4 Å². The summed E-state index contributed by atoms with van der Waals surface area (Å²) in [5, 5.41) is 5.80. The first-order valence-corrected chi connectivity index (χ1v) is 10.5. The van der Waals surface area contributed by atoms with Gasteiger partial charge in [0.2, 0.25) is 11.8 Å². The fourth-order valence-corrected chi connectivity index (χ4v) is 7.60. The maximum Gasteiger partial charge on any atom is 0.250 e. The van der Waals surface area contributed by atoms with Gasteiger partial charge in [-0.3, -0.25) is 9.59 Å². The SMILES string of the molecule is COCC(=O)Nc1cccc(NC(=O)CC23CC4CC(CC(Br)(C4)C2)C3)c1. The number of hydrogen-bond acceptors (Lipinski definition) is 3. The van der Waals surface area contributed by atoms with E-state index in [1.54, 1.807) is 12.1 Å². The van der Waals surface area contributed by atoms with Crippen LogP contribution in [-0.2, 0) is 14.3 Å². The highest BCUT2D eigenvalue weighted by atomic mass is 79.9. The van der Waals surface area contributed by atoms with Crippen molar-refractivity contribution >= 4 is 39.1 Å². The molecule has 0 heterocycles. The summed E-state index contributed by atoms with van der Waals surface area (Å²) in [5.41, 5.74) is 1.53.